The van der Waals surface area contributed by atoms with Crippen LogP contribution in [0.2, 0.25) is 0 Å². The van der Waals surface area contributed by atoms with E-state index in [4.69, 9.17) is 4.74 Å². The third kappa shape index (κ3) is 2.71. The standard InChI is InChI=1S/C18H25NO2/c1-21-16-9-7-15(8-10-16)17(20)18(11-3-4-12-18)19-13-5-2-6-14-19/h7-10H,2-6,11-14H2,1H3. The molecule has 21 heavy (non-hydrogen) atoms. The van der Waals surface area contributed by atoms with Gasteiger partial charge in [-0.05, 0) is 63.0 Å². The first-order chi connectivity index (χ1) is 10.3. The van der Waals surface area contributed by atoms with E-state index in [0.717, 1.165) is 37.2 Å². The number of benzene rings is 1. The summed E-state index contributed by atoms with van der Waals surface area (Å²) in [5.74, 6) is 1.13. The monoisotopic (exact) mass is 287 g/mol. The molecule has 1 aromatic rings. The molecule has 2 fully saturated rings. The summed E-state index contributed by atoms with van der Waals surface area (Å²) < 4.78 is 5.19. The van der Waals surface area contributed by atoms with Crippen molar-refractivity contribution in [2.24, 2.45) is 0 Å². The van der Waals surface area contributed by atoms with Crippen molar-refractivity contribution >= 4 is 5.78 Å². The van der Waals surface area contributed by atoms with Gasteiger partial charge >= 0.3 is 0 Å². The van der Waals surface area contributed by atoms with Crippen LogP contribution in [0.1, 0.15) is 55.3 Å². The van der Waals surface area contributed by atoms with Crippen LogP contribution in [-0.4, -0.2) is 36.4 Å². The highest BCUT2D eigenvalue weighted by atomic mass is 16.5. The molecule has 0 aromatic heterocycles. The average Bonchev–Trinajstić information content (AvgIpc) is 3.06. The van der Waals surface area contributed by atoms with E-state index in [1.807, 2.05) is 24.3 Å². The van der Waals surface area contributed by atoms with Gasteiger partial charge in [0.15, 0.2) is 5.78 Å². The molecule has 114 valence electrons. The van der Waals surface area contributed by atoms with Crippen LogP contribution < -0.4 is 4.74 Å². The molecule has 3 heteroatoms. The van der Waals surface area contributed by atoms with Crippen molar-refractivity contribution in [2.75, 3.05) is 20.2 Å². The molecule has 1 heterocycles. The molecule has 1 aliphatic carbocycles. The fourth-order valence-corrected chi connectivity index (χ4v) is 3.98. The molecule has 0 amide bonds. The minimum atomic E-state index is -0.227. The first kappa shape index (κ1) is 14.6. The van der Waals surface area contributed by atoms with Crippen molar-refractivity contribution in [1.29, 1.82) is 0 Å². The maximum atomic E-state index is 13.2. The van der Waals surface area contributed by atoms with E-state index in [2.05, 4.69) is 4.90 Å². The number of piperidine rings is 1. The Morgan fingerprint density at radius 3 is 2.19 bits per heavy atom. The summed E-state index contributed by atoms with van der Waals surface area (Å²) in [4.78, 5) is 15.7. The molecule has 1 saturated heterocycles. The van der Waals surface area contributed by atoms with Crippen molar-refractivity contribution in [3.05, 3.63) is 29.8 Å². The molecule has 3 rings (SSSR count). The van der Waals surface area contributed by atoms with Crippen LogP contribution >= 0.6 is 0 Å². The summed E-state index contributed by atoms with van der Waals surface area (Å²) in [5, 5.41) is 0. The van der Waals surface area contributed by atoms with Crippen LogP contribution in [0.15, 0.2) is 24.3 Å². The molecule has 0 unspecified atom stereocenters. The van der Waals surface area contributed by atoms with E-state index >= 15 is 0 Å². The number of hydrogen-bond donors (Lipinski definition) is 0. The highest BCUT2D eigenvalue weighted by molar-refractivity contribution is 6.03. The second-order valence-electron chi connectivity index (χ2n) is 6.34. The second-order valence-corrected chi connectivity index (χ2v) is 6.34. The van der Waals surface area contributed by atoms with Crippen LogP contribution in [-0.2, 0) is 0 Å². The Morgan fingerprint density at radius 1 is 1.00 bits per heavy atom. The van der Waals surface area contributed by atoms with E-state index in [9.17, 15) is 4.79 Å². The van der Waals surface area contributed by atoms with Gasteiger partial charge in [-0.3, -0.25) is 9.69 Å². The Kier molecular flexibility index (Phi) is 4.29. The van der Waals surface area contributed by atoms with Crippen LogP contribution in [0.25, 0.3) is 0 Å². The lowest BCUT2D eigenvalue weighted by atomic mass is 9.84. The summed E-state index contributed by atoms with van der Waals surface area (Å²) in [6.07, 6.45) is 8.19. The number of Topliss-reactive ketones (excluding diaryl/α,β-unsaturated/α-hetero) is 1. The third-order valence-corrected chi connectivity index (χ3v) is 5.17. The van der Waals surface area contributed by atoms with Gasteiger partial charge in [-0.15, -0.1) is 0 Å². The summed E-state index contributed by atoms with van der Waals surface area (Å²) >= 11 is 0. The normalized spacial score (nSPS) is 22.1. The maximum Gasteiger partial charge on any atom is 0.183 e. The molecule has 0 bridgehead atoms. The molecule has 1 aliphatic heterocycles. The van der Waals surface area contributed by atoms with E-state index in [1.165, 1.54) is 32.1 Å². The fourth-order valence-electron chi connectivity index (χ4n) is 3.98. The quantitative estimate of drug-likeness (QED) is 0.791. The Hall–Kier alpha value is -1.35. The van der Waals surface area contributed by atoms with Gasteiger partial charge in [0.05, 0.1) is 12.6 Å². The summed E-state index contributed by atoms with van der Waals surface area (Å²) in [6.45, 7) is 2.17. The Bertz CT molecular complexity index is 482. The number of carbonyl (C=O) groups is 1. The summed E-state index contributed by atoms with van der Waals surface area (Å²) in [6, 6.07) is 7.63. The number of carbonyl (C=O) groups excluding carboxylic acids is 1. The van der Waals surface area contributed by atoms with Crippen LogP contribution in [0.3, 0.4) is 0 Å². The lowest BCUT2D eigenvalue weighted by Gasteiger charge is -2.42. The molecule has 3 nitrogen and oxygen atoms in total. The fraction of sp³-hybridized carbons (Fsp3) is 0.611. The molecular formula is C18H25NO2. The largest absolute Gasteiger partial charge is 0.497 e. The Balaban J connectivity index is 1.86. The molecular weight excluding hydrogens is 262 g/mol. The average molecular weight is 287 g/mol. The van der Waals surface area contributed by atoms with Gasteiger partial charge in [0.2, 0.25) is 0 Å². The summed E-state index contributed by atoms with van der Waals surface area (Å²) in [7, 11) is 1.66. The predicted octanol–water partition coefficient (Wildman–Crippen LogP) is 3.68. The molecule has 0 atom stereocenters. The van der Waals surface area contributed by atoms with E-state index in [0.29, 0.717) is 5.78 Å². The third-order valence-electron chi connectivity index (χ3n) is 5.17. The van der Waals surface area contributed by atoms with Crippen molar-refractivity contribution in [3.8, 4) is 5.75 Å². The second kappa shape index (κ2) is 6.18. The molecule has 1 saturated carbocycles. The van der Waals surface area contributed by atoms with Gasteiger partial charge in [-0.1, -0.05) is 19.3 Å². The van der Waals surface area contributed by atoms with Crippen molar-refractivity contribution in [3.63, 3.8) is 0 Å². The predicted molar refractivity (Wildman–Crippen MR) is 83.9 cm³/mol. The van der Waals surface area contributed by atoms with Crippen molar-refractivity contribution in [2.45, 2.75) is 50.5 Å². The molecule has 2 aliphatic rings. The van der Waals surface area contributed by atoms with Gasteiger partial charge in [0, 0.05) is 5.56 Å². The topological polar surface area (TPSA) is 29.5 Å². The first-order valence-corrected chi connectivity index (χ1v) is 8.20. The van der Waals surface area contributed by atoms with Gasteiger partial charge in [-0.2, -0.15) is 0 Å². The number of ketones is 1. The first-order valence-electron chi connectivity index (χ1n) is 8.20. The highest BCUT2D eigenvalue weighted by Crippen LogP contribution is 2.39. The van der Waals surface area contributed by atoms with Gasteiger partial charge in [0.1, 0.15) is 5.75 Å². The molecule has 1 aromatic carbocycles. The highest BCUT2D eigenvalue weighted by Gasteiger charge is 2.46. The molecule has 0 radical (unpaired) electrons. The minimum Gasteiger partial charge on any atom is -0.497 e. The minimum absolute atomic E-state index is 0.227. The van der Waals surface area contributed by atoms with Crippen LogP contribution in [0.4, 0.5) is 0 Å². The van der Waals surface area contributed by atoms with Gasteiger partial charge in [0.25, 0.3) is 0 Å². The van der Waals surface area contributed by atoms with Crippen molar-refractivity contribution < 1.29 is 9.53 Å². The maximum absolute atomic E-state index is 13.2. The molecule has 0 spiro atoms. The van der Waals surface area contributed by atoms with E-state index in [-0.39, 0.29) is 5.54 Å². The lowest BCUT2D eigenvalue weighted by molar-refractivity contribution is 0.0477. The Morgan fingerprint density at radius 2 is 1.62 bits per heavy atom. The smallest absolute Gasteiger partial charge is 0.183 e. The van der Waals surface area contributed by atoms with Gasteiger partial charge in [-0.25, -0.2) is 0 Å². The zero-order chi connectivity index (χ0) is 14.7. The number of ether oxygens (including phenoxy) is 1. The van der Waals surface area contributed by atoms with Crippen LogP contribution in [0.5, 0.6) is 5.75 Å². The van der Waals surface area contributed by atoms with E-state index in [1.54, 1.807) is 7.11 Å². The number of hydrogen-bond acceptors (Lipinski definition) is 3. The summed E-state index contributed by atoms with van der Waals surface area (Å²) in [5.41, 5.74) is 0.609. The van der Waals surface area contributed by atoms with E-state index < -0.39 is 0 Å². The molecule has 0 N–H and O–H groups in total. The Labute approximate surface area is 127 Å². The number of methoxy groups -OCH3 is 1. The number of rotatable bonds is 4. The number of likely N-dealkylation sites (tertiary alicyclic amines) is 1. The zero-order valence-corrected chi connectivity index (χ0v) is 12.9. The number of nitrogens with zero attached hydrogens (tertiary/aromatic N) is 1. The SMILES string of the molecule is COc1ccc(C(=O)C2(N3CCCCC3)CCCC2)cc1. The van der Waals surface area contributed by atoms with Crippen LogP contribution in [0, 0.1) is 0 Å². The lowest BCUT2D eigenvalue weighted by Crippen LogP contribution is -2.54. The van der Waals surface area contributed by atoms with Crippen molar-refractivity contribution in [1.82, 2.24) is 4.90 Å². The zero-order valence-electron chi connectivity index (χ0n) is 12.9. The van der Waals surface area contributed by atoms with Gasteiger partial charge < -0.3 is 4.74 Å².